The summed E-state index contributed by atoms with van der Waals surface area (Å²) >= 11 is 0. The largest absolute Gasteiger partial charge is 0.363 e. The Hall–Kier alpha value is -3.48. The van der Waals surface area contributed by atoms with Crippen LogP contribution in [0.5, 0.6) is 0 Å². The van der Waals surface area contributed by atoms with Gasteiger partial charge in [-0.2, -0.15) is 0 Å². The number of sulfone groups is 1. The number of hydrogen-bond acceptors (Lipinski definition) is 7. The Balaban J connectivity index is 1.51. The molecule has 1 heterocycles. The predicted octanol–water partition coefficient (Wildman–Crippen LogP) is 1.78. The van der Waals surface area contributed by atoms with Gasteiger partial charge in [-0.1, -0.05) is 59.2 Å². The highest BCUT2D eigenvalue weighted by atomic mass is 32.2. The summed E-state index contributed by atoms with van der Waals surface area (Å²) in [6.07, 6.45) is 2.25. The van der Waals surface area contributed by atoms with Crippen molar-refractivity contribution in [2.24, 2.45) is 34.3 Å². The number of primary amides is 1. The summed E-state index contributed by atoms with van der Waals surface area (Å²) in [6, 6.07) is 4.22. The minimum absolute atomic E-state index is 0.0442. The molecule has 0 aromatic heterocycles. The fourth-order valence-electron chi connectivity index (χ4n) is 6.89. The highest BCUT2D eigenvalue weighted by Crippen LogP contribution is 2.65. The number of fused-ring (bicyclic) bond motifs is 1. The molecule has 5 N–H and O–H groups in total. The number of nitrogens with one attached hydrogen (secondary N) is 3. The van der Waals surface area contributed by atoms with Gasteiger partial charge < -0.3 is 26.6 Å². The highest BCUT2D eigenvalue weighted by molar-refractivity contribution is 7.91. The lowest BCUT2D eigenvalue weighted by molar-refractivity contribution is -0.145. The van der Waals surface area contributed by atoms with Crippen LogP contribution < -0.4 is 21.7 Å². The Bertz CT molecular complexity index is 1460. The number of amides is 5. The zero-order chi connectivity index (χ0) is 33.7. The number of urea groups is 1. The average molecular weight is 646 g/mol. The first-order valence-electron chi connectivity index (χ1n) is 15.5. The van der Waals surface area contributed by atoms with E-state index in [0.29, 0.717) is 19.4 Å². The zero-order valence-electron chi connectivity index (χ0n) is 27.2. The van der Waals surface area contributed by atoms with Crippen LogP contribution in [-0.4, -0.2) is 78.8 Å². The van der Waals surface area contributed by atoms with Crippen molar-refractivity contribution in [3.63, 3.8) is 0 Å². The second-order valence-corrected chi connectivity index (χ2v) is 17.1. The number of rotatable bonds is 11. The molecule has 2 aliphatic carbocycles. The summed E-state index contributed by atoms with van der Waals surface area (Å²) in [5.41, 5.74) is 3.11. The Morgan fingerprint density at radius 1 is 1.00 bits per heavy atom. The molecule has 4 rings (SSSR count). The van der Waals surface area contributed by atoms with Crippen molar-refractivity contribution in [3.05, 3.63) is 30.3 Å². The molecular weight excluding hydrogens is 598 g/mol. The van der Waals surface area contributed by atoms with Crippen LogP contribution in [0.3, 0.4) is 0 Å². The number of nitrogens with zero attached hydrogens (tertiary/aromatic N) is 1. The maximum absolute atomic E-state index is 14.2. The number of ketones is 1. The van der Waals surface area contributed by atoms with Gasteiger partial charge in [-0.05, 0) is 67.4 Å². The number of carbonyl (C=O) groups excluding carboxylic acids is 5. The van der Waals surface area contributed by atoms with Crippen molar-refractivity contribution in [2.45, 2.75) is 96.3 Å². The van der Waals surface area contributed by atoms with E-state index in [2.05, 4.69) is 16.0 Å². The molecule has 45 heavy (non-hydrogen) atoms. The first-order valence-corrected chi connectivity index (χ1v) is 17.1. The van der Waals surface area contributed by atoms with Gasteiger partial charge in [0.1, 0.15) is 18.1 Å². The van der Waals surface area contributed by atoms with Gasteiger partial charge in [0.25, 0.3) is 5.91 Å². The average Bonchev–Trinajstić information content (AvgIpc) is 3.20. The number of carbonyl (C=O) groups is 5. The van der Waals surface area contributed by atoms with Gasteiger partial charge in [-0.25, -0.2) is 13.2 Å². The smallest absolute Gasteiger partial charge is 0.315 e. The number of likely N-dealkylation sites (tertiary alicyclic amines) is 1. The molecule has 2 saturated carbocycles. The molecule has 3 unspecified atom stereocenters. The van der Waals surface area contributed by atoms with Gasteiger partial charge in [0.2, 0.25) is 17.6 Å². The number of Topliss-reactive ketones (excluding diaryl/α,β-unsaturated/α-hetero) is 1. The standard InChI is InChI=1S/C32H47N5O7S/c1-30(2,3)25(35-29(42)36-31(4,5)17-45(43,44)19-14-9-8-10-15-19)28(41)37-16-20-21(32(20,6)7)23(37)27(40)34-22(18-12-11-13-18)24(38)26(33)39/h8-10,14-15,18,20-23,25H,11-13,16-17H2,1-7H3,(H2,33,39)(H,34,40)(H2,35,36,42)/t20?,21?,22?,23-,25+/m0/s1. The summed E-state index contributed by atoms with van der Waals surface area (Å²) in [5.74, 6) is -3.62. The SMILES string of the molecule is CC(C)(CS(=O)(=O)c1ccccc1)NC(=O)N[C@H](C(=O)N1CC2C([C@H]1C(=O)NC(C(=O)C(N)=O)C1CCC1)C2(C)C)C(C)(C)C. The first-order chi connectivity index (χ1) is 20.7. The van der Waals surface area contributed by atoms with Crippen LogP contribution >= 0.6 is 0 Å². The lowest BCUT2D eigenvalue weighted by atomic mass is 9.78. The van der Waals surface area contributed by atoms with E-state index in [-0.39, 0.29) is 33.8 Å². The molecule has 12 nitrogen and oxygen atoms in total. The fourth-order valence-corrected chi connectivity index (χ4v) is 8.65. The quantitative estimate of drug-likeness (QED) is 0.264. The lowest BCUT2D eigenvalue weighted by Crippen LogP contribution is -2.63. The normalized spacial score (nSPS) is 24.0. The van der Waals surface area contributed by atoms with Gasteiger partial charge in [-0.3, -0.25) is 19.2 Å². The molecular formula is C32H47N5O7S. The molecule has 1 aromatic carbocycles. The monoisotopic (exact) mass is 645 g/mol. The van der Waals surface area contributed by atoms with Crippen LogP contribution in [0.25, 0.3) is 0 Å². The maximum atomic E-state index is 14.2. The van der Waals surface area contributed by atoms with Crippen LogP contribution in [0.1, 0.15) is 67.7 Å². The van der Waals surface area contributed by atoms with Crippen LogP contribution in [0.15, 0.2) is 35.2 Å². The predicted molar refractivity (Wildman–Crippen MR) is 167 cm³/mol. The number of benzene rings is 1. The minimum atomic E-state index is -3.72. The van der Waals surface area contributed by atoms with Gasteiger partial charge in [0.05, 0.1) is 16.2 Å². The molecule has 0 bridgehead atoms. The molecule has 0 radical (unpaired) electrons. The van der Waals surface area contributed by atoms with Crippen molar-refractivity contribution < 1.29 is 32.4 Å². The number of nitrogens with two attached hydrogens (primary N) is 1. The van der Waals surface area contributed by atoms with E-state index in [4.69, 9.17) is 5.73 Å². The third-order valence-electron chi connectivity index (χ3n) is 9.70. The molecule has 248 valence electrons. The molecule has 0 spiro atoms. The van der Waals surface area contributed by atoms with Gasteiger partial charge >= 0.3 is 6.03 Å². The van der Waals surface area contributed by atoms with Crippen LogP contribution in [0.2, 0.25) is 0 Å². The third-order valence-corrected chi connectivity index (χ3v) is 11.8. The van der Waals surface area contributed by atoms with Crippen molar-refractivity contribution in [2.75, 3.05) is 12.3 Å². The Labute approximate surface area is 265 Å². The second kappa shape index (κ2) is 12.0. The van der Waals surface area contributed by atoms with Gasteiger partial charge in [0.15, 0.2) is 9.84 Å². The summed E-state index contributed by atoms with van der Waals surface area (Å²) in [5, 5.41) is 8.23. The highest BCUT2D eigenvalue weighted by Gasteiger charge is 2.70. The van der Waals surface area contributed by atoms with Crippen molar-refractivity contribution in [1.82, 2.24) is 20.9 Å². The molecule has 5 amide bonds. The topological polar surface area (TPSA) is 185 Å². The summed E-state index contributed by atoms with van der Waals surface area (Å²) < 4.78 is 26.0. The van der Waals surface area contributed by atoms with E-state index in [9.17, 15) is 32.4 Å². The second-order valence-electron chi connectivity index (χ2n) is 15.1. The van der Waals surface area contributed by atoms with E-state index in [1.807, 2.05) is 13.8 Å². The molecule has 1 aromatic rings. The third kappa shape index (κ3) is 7.18. The van der Waals surface area contributed by atoms with E-state index in [1.54, 1.807) is 52.8 Å². The summed E-state index contributed by atoms with van der Waals surface area (Å²) in [4.78, 5) is 67.3. The Morgan fingerprint density at radius 2 is 1.60 bits per heavy atom. The van der Waals surface area contributed by atoms with Crippen LogP contribution in [0.4, 0.5) is 4.79 Å². The number of hydrogen-bond donors (Lipinski definition) is 4. The van der Waals surface area contributed by atoms with Crippen molar-refractivity contribution >= 4 is 39.4 Å². The molecule has 3 aliphatic rings. The van der Waals surface area contributed by atoms with Gasteiger partial charge in [-0.15, -0.1) is 0 Å². The Kier molecular flexibility index (Phi) is 9.20. The molecule has 5 atom stereocenters. The fraction of sp³-hybridized carbons (Fsp3) is 0.656. The lowest BCUT2D eigenvalue weighted by Gasteiger charge is -2.39. The van der Waals surface area contributed by atoms with E-state index in [1.165, 1.54) is 17.0 Å². The van der Waals surface area contributed by atoms with Crippen LogP contribution in [-0.2, 0) is 29.0 Å². The van der Waals surface area contributed by atoms with Gasteiger partial charge in [0, 0.05) is 6.54 Å². The maximum Gasteiger partial charge on any atom is 0.315 e. The molecule has 1 saturated heterocycles. The summed E-state index contributed by atoms with van der Waals surface area (Å²) in [6.45, 7) is 12.9. The van der Waals surface area contributed by atoms with E-state index in [0.717, 1.165) is 6.42 Å². The van der Waals surface area contributed by atoms with Crippen LogP contribution in [0, 0.1) is 28.6 Å². The molecule has 3 fully saturated rings. The number of piperidine rings is 1. The minimum Gasteiger partial charge on any atom is -0.363 e. The molecule has 13 heteroatoms. The first kappa shape index (κ1) is 34.4. The van der Waals surface area contributed by atoms with Crippen molar-refractivity contribution in [1.29, 1.82) is 0 Å². The Morgan fingerprint density at radius 3 is 2.11 bits per heavy atom. The zero-order valence-corrected chi connectivity index (χ0v) is 28.0. The van der Waals surface area contributed by atoms with E-state index < -0.39 is 68.5 Å². The van der Waals surface area contributed by atoms with Crippen molar-refractivity contribution in [3.8, 4) is 0 Å². The summed E-state index contributed by atoms with van der Waals surface area (Å²) in [7, 11) is -3.72. The molecule has 1 aliphatic heterocycles. The van der Waals surface area contributed by atoms with E-state index >= 15 is 0 Å².